The Morgan fingerprint density at radius 1 is 0.882 bits per heavy atom. The highest BCUT2D eigenvalue weighted by atomic mass is 16.5. The van der Waals surface area contributed by atoms with Crippen LogP contribution in [0.3, 0.4) is 0 Å². The van der Waals surface area contributed by atoms with E-state index in [0.29, 0.717) is 6.61 Å². The van der Waals surface area contributed by atoms with Crippen molar-refractivity contribution >= 4 is 0 Å². The van der Waals surface area contributed by atoms with E-state index in [4.69, 9.17) is 4.74 Å². The summed E-state index contributed by atoms with van der Waals surface area (Å²) in [5, 5.41) is 0. The molecule has 0 aromatic heterocycles. The highest BCUT2D eigenvalue weighted by Crippen LogP contribution is 2.12. The third kappa shape index (κ3) is 11.4. The summed E-state index contributed by atoms with van der Waals surface area (Å²) in [6, 6.07) is 8.45. The molecule has 1 aromatic rings. The van der Waals surface area contributed by atoms with Gasteiger partial charge in [-0.05, 0) is 33.3 Å². The Hall–Kier alpha value is -0.820. The zero-order valence-electron chi connectivity index (χ0n) is 12.9. The molecule has 1 rings (SSSR count). The van der Waals surface area contributed by atoms with E-state index >= 15 is 0 Å². The predicted molar refractivity (Wildman–Crippen MR) is 78.4 cm³/mol. The lowest BCUT2D eigenvalue weighted by atomic mass is 10.1. The third-order valence-corrected chi connectivity index (χ3v) is 1.79. The van der Waals surface area contributed by atoms with Crippen molar-refractivity contribution in [2.75, 3.05) is 0 Å². The fourth-order valence-electron chi connectivity index (χ4n) is 0.984. The minimum absolute atomic E-state index is 0.0507. The van der Waals surface area contributed by atoms with Crippen molar-refractivity contribution in [3.05, 3.63) is 35.4 Å². The molecule has 0 fully saturated rings. The summed E-state index contributed by atoms with van der Waals surface area (Å²) in [7, 11) is 0. The van der Waals surface area contributed by atoms with E-state index in [9.17, 15) is 0 Å². The van der Waals surface area contributed by atoms with E-state index in [0.717, 1.165) is 0 Å². The van der Waals surface area contributed by atoms with Gasteiger partial charge in [-0.15, -0.1) is 0 Å². The maximum Gasteiger partial charge on any atom is 0.0724 e. The van der Waals surface area contributed by atoms with Gasteiger partial charge in [-0.25, -0.2) is 0 Å². The van der Waals surface area contributed by atoms with E-state index in [1.54, 1.807) is 0 Å². The summed E-state index contributed by atoms with van der Waals surface area (Å²) in [6.45, 7) is 17.0. The Balaban J connectivity index is 0. The van der Waals surface area contributed by atoms with E-state index in [1.165, 1.54) is 11.1 Å². The number of ether oxygens (including phenoxy) is 1. The Kier molecular flexibility index (Phi) is 11.3. The summed E-state index contributed by atoms with van der Waals surface area (Å²) in [5.74, 6) is 0. The molecular formula is C16H30O. The van der Waals surface area contributed by atoms with Crippen LogP contribution in [0.4, 0.5) is 0 Å². The highest BCUT2D eigenvalue weighted by molar-refractivity contribution is 5.20. The molecule has 0 heterocycles. The molecule has 0 unspecified atom stereocenters. The molecule has 0 aliphatic heterocycles. The molecule has 100 valence electrons. The van der Waals surface area contributed by atoms with Crippen LogP contribution < -0.4 is 0 Å². The third-order valence-electron chi connectivity index (χ3n) is 1.79. The molecule has 0 atom stereocenters. The monoisotopic (exact) mass is 238 g/mol. The Morgan fingerprint density at radius 2 is 1.29 bits per heavy atom. The van der Waals surface area contributed by atoms with Gasteiger partial charge in [0.2, 0.25) is 0 Å². The molecule has 0 amide bonds. The van der Waals surface area contributed by atoms with E-state index in [1.807, 2.05) is 27.7 Å². The number of hydrogen-bond donors (Lipinski definition) is 0. The maximum absolute atomic E-state index is 5.66. The van der Waals surface area contributed by atoms with Crippen LogP contribution in [0.25, 0.3) is 0 Å². The topological polar surface area (TPSA) is 9.23 Å². The van der Waals surface area contributed by atoms with Crippen molar-refractivity contribution in [2.45, 2.75) is 67.6 Å². The first-order valence-corrected chi connectivity index (χ1v) is 6.67. The van der Waals surface area contributed by atoms with Crippen LogP contribution in [-0.2, 0) is 11.3 Å². The van der Waals surface area contributed by atoms with Crippen LogP contribution >= 0.6 is 0 Å². The standard InChI is InChI=1S/C12H18O.2C2H6/c1-10-5-7-11(8-6-10)9-13-12(2,3)4;2*1-2/h5-8H,9H2,1-4H3;2*1-2H3. The second-order valence-electron chi connectivity index (χ2n) is 4.39. The van der Waals surface area contributed by atoms with Crippen LogP contribution in [0.2, 0.25) is 0 Å². The van der Waals surface area contributed by atoms with Gasteiger partial charge in [-0.1, -0.05) is 57.5 Å². The zero-order valence-corrected chi connectivity index (χ0v) is 12.9. The van der Waals surface area contributed by atoms with Gasteiger partial charge in [0.25, 0.3) is 0 Å². The molecule has 0 radical (unpaired) electrons. The summed E-state index contributed by atoms with van der Waals surface area (Å²) >= 11 is 0. The average molecular weight is 238 g/mol. The Morgan fingerprint density at radius 3 is 1.65 bits per heavy atom. The predicted octanol–water partition coefficient (Wildman–Crippen LogP) is 5.36. The second-order valence-corrected chi connectivity index (χ2v) is 4.39. The molecule has 0 bridgehead atoms. The molecular weight excluding hydrogens is 208 g/mol. The van der Waals surface area contributed by atoms with Crippen LogP contribution in [0.15, 0.2) is 24.3 Å². The van der Waals surface area contributed by atoms with Crippen molar-refractivity contribution < 1.29 is 4.74 Å². The normalized spacial score (nSPS) is 9.65. The number of hydrogen-bond acceptors (Lipinski definition) is 1. The molecule has 0 saturated heterocycles. The number of aryl methyl sites for hydroxylation is 1. The molecule has 17 heavy (non-hydrogen) atoms. The first-order valence-electron chi connectivity index (χ1n) is 6.67. The first-order chi connectivity index (χ1) is 7.97. The molecule has 1 heteroatoms. The lowest BCUT2D eigenvalue weighted by Crippen LogP contribution is -2.18. The summed E-state index contributed by atoms with van der Waals surface area (Å²) in [5.41, 5.74) is 2.48. The average Bonchev–Trinajstić information content (AvgIpc) is 2.33. The van der Waals surface area contributed by atoms with Crippen LogP contribution in [0.1, 0.15) is 59.6 Å². The minimum Gasteiger partial charge on any atom is -0.371 e. The van der Waals surface area contributed by atoms with Crippen LogP contribution in [0, 0.1) is 6.92 Å². The minimum atomic E-state index is -0.0507. The molecule has 0 aliphatic rings. The Labute approximate surface area is 108 Å². The van der Waals surface area contributed by atoms with Gasteiger partial charge in [0.1, 0.15) is 0 Å². The lowest BCUT2D eigenvalue weighted by Gasteiger charge is -2.19. The molecule has 0 spiro atoms. The fraction of sp³-hybridized carbons (Fsp3) is 0.625. The molecule has 1 aromatic carbocycles. The van der Waals surface area contributed by atoms with Gasteiger partial charge in [-0.2, -0.15) is 0 Å². The smallest absolute Gasteiger partial charge is 0.0724 e. The number of benzene rings is 1. The quantitative estimate of drug-likeness (QED) is 0.673. The van der Waals surface area contributed by atoms with Crippen molar-refractivity contribution in [2.24, 2.45) is 0 Å². The lowest BCUT2D eigenvalue weighted by molar-refractivity contribution is -0.0149. The molecule has 0 aliphatic carbocycles. The summed E-state index contributed by atoms with van der Waals surface area (Å²) in [6.07, 6.45) is 0. The van der Waals surface area contributed by atoms with E-state index in [2.05, 4.69) is 52.0 Å². The Bertz CT molecular complexity index is 254. The fourth-order valence-corrected chi connectivity index (χ4v) is 0.984. The maximum atomic E-state index is 5.66. The summed E-state index contributed by atoms with van der Waals surface area (Å²) < 4.78 is 5.66. The van der Waals surface area contributed by atoms with Crippen molar-refractivity contribution in [3.8, 4) is 0 Å². The van der Waals surface area contributed by atoms with Crippen molar-refractivity contribution in [1.29, 1.82) is 0 Å². The van der Waals surface area contributed by atoms with Crippen molar-refractivity contribution in [1.82, 2.24) is 0 Å². The van der Waals surface area contributed by atoms with E-state index in [-0.39, 0.29) is 5.60 Å². The van der Waals surface area contributed by atoms with Crippen LogP contribution in [0.5, 0.6) is 0 Å². The van der Waals surface area contributed by atoms with Crippen molar-refractivity contribution in [3.63, 3.8) is 0 Å². The summed E-state index contributed by atoms with van der Waals surface area (Å²) in [4.78, 5) is 0. The van der Waals surface area contributed by atoms with Gasteiger partial charge in [0.15, 0.2) is 0 Å². The van der Waals surface area contributed by atoms with Gasteiger partial charge in [-0.3, -0.25) is 0 Å². The van der Waals surface area contributed by atoms with Gasteiger partial charge in [0, 0.05) is 0 Å². The SMILES string of the molecule is CC.CC.Cc1ccc(COC(C)(C)C)cc1. The molecule has 0 N–H and O–H groups in total. The second kappa shape index (κ2) is 10.3. The van der Waals surface area contributed by atoms with Gasteiger partial charge < -0.3 is 4.74 Å². The van der Waals surface area contributed by atoms with Crippen LogP contribution in [-0.4, -0.2) is 5.60 Å². The zero-order chi connectivity index (χ0) is 13.9. The number of rotatable bonds is 2. The van der Waals surface area contributed by atoms with Gasteiger partial charge >= 0.3 is 0 Å². The first kappa shape index (κ1) is 18.5. The molecule has 1 nitrogen and oxygen atoms in total. The van der Waals surface area contributed by atoms with E-state index < -0.39 is 0 Å². The molecule has 0 saturated carbocycles. The highest BCUT2D eigenvalue weighted by Gasteiger charge is 2.09. The van der Waals surface area contributed by atoms with Gasteiger partial charge in [0.05, 0.1) is 12.2 Å². The largest absolute Gasteiger partial charge is 0.371 e.